The van der Waals surface area contributed by atoms with E-state index in [0.717, 1.165) is 17.9 Å². The van der Waals surface area contributed by atoms with E-state index in [2.05, 4.69) is 26.8 Å². The van der Waals surface area contributed by atoms with Crippen LogP contribution in [-0.2, 0) is 9.47 Å². The van der Waals surface area contributed by atoms with E-state index in [0.29, 0.717) is 11.3 Å². The summed E-state index contributed by atoms with van der Waals surface area (Å²) in [6, 6.07) is 12.0. The molecule has 1 aromatic rings. The lowest BCUT2D eigenvalue weighted by molar-refractivity contribution is -0.177. The van der Waals surface area contributed by atoms with Crippen molar-refractivity contribution in [2.45, 2.75) is 58.5 Å². The molecule has 3 heteroatoms. The van der Waals surface area contributed by atoms with Gasteiger partial charge in [0.2, 0.25) is 0 Å². The molecule has 0 N–H and O–H groups in total. The van der Waals surface area contributed by atoms with Crippen molar-refractivity contribution in [2.75, 3.05) is 0 Å². The highest BCUT2D eigenvalue weighted by Crippen LogP contribution is 2.71. The fraction of sp³-hybridized carbons (Fsp3) is 0.650. The maximum atomic E-state index is 9.46. The summed E-state index contributed by atoms with van der Waals surface area (Å²) in [4.78, 5) is 0. The third-order valence-electron chi connectivity index (χ3n) is 7.18. The van der Waals surface area contributed by atoms with E-state index >= 15 is 0 Å². The smallest absolute Gasteiger partial charge is 0.172 e. The topological polar surface area (TPSA) is 42.2 Å². The molecular formula is C20H25NO2. The van der Waals surface area contributed by atoms with Crippen molar-refractivity contribution in [1.29, 1.82) is 5.26 Å². The van der Waals surface area contributed by atoms with Crippen molar-refractivity contribution in [3.05, 3.63) is 35.9 Å². The van der Waals surface area contributed by atoms with E-state index in [4.69, 9.17) is 9.47 Å². The summed E-state index contributed by atoms with van der Waals surface area (Å²) >= 11 is 0. The van der Waals surface area contributed by atoms with Crippen LogP contribution in [0.4, 0.5) is 0 Å². The molecule has 0 unspecified atom stereocenters. The van der Waals surface area contributed by atoms with Crippen LogP contribution < -0.4 is 0 Å². The molecule has 122 valence electrons. The summed E-state index contributed by atoms with van der Waals surface area (Å²) in [5, 5.41) is 9.46. The largest absolute Gasteiger partial charge is 0.348 e. The maximum absolute atomic E-state index is 9.46. The van der Waals surface area contributed by atoms with Gasteiger partial charge < -0.3 is 9.47 Å². The Morgan fingerprint density at radius 2 is 2.00 bits per heavy atom. The van der Waals surface area contributed by atoms with Crippen molar-refractivity contribution in [2.24, 2.45) is 22.7 Å². The number of nitrogens with zero attached hydrogens (tertiary/aromatic N) is 1. The molecule has 23 heavy (non-hydrogen) atoms. The van der Waals surface area contributed by atoms with Crippen molar-refractivity contribution >= 4 is 0 Å². The number of hydrogen-bond acceptors (Lipinski definition) is 3. The number of nitriles is 1. The lowest BCUT2D eigenvalue weighted by Crippen LogP contribution is -2.38. The lowest BCUT2D eigenvalue weighted by Gasteiger charge is -2.38. The molecule has 1 aromatic carbocycles. The molecule has 3 aliphatic rings. The zero-order valence-electron chi connectivity index (χ0n) is 14.2. The van der Waals surface area contributed by atoms with Crippen LogP contribution in [0.5, 0.6) is 0 Å². The zero-order valence-corrected chi connectivity index (χ0v) is 14.2. The van der Waals surface area contributed by atoms with Crippen LogP contribution in [0.3, 0.4) is 0 Å². The number of fused-ring (bicyclic) bond motifs is 5. The first-order valence-corrected chi connectivity index (χ1v) is 8.73. The van der Waals surface area contributed by atoms with Gasteiger partial charge in [0.15, 0.2) is 12.4 Å². The number of hydrogen-bond donors (Lipinski definition) is 0. The first-order valence-electron chi connectivity index (χ1n) is 8.73. The van der Waals surface area contributed by atoms with Gasteiger partial charge in [0, 0.05) is 6.42 Å². The van der Waals surface area contributed by atoms with E-state index in [1.807, 2.05) is 30.3 Å². The van der Waals surface area contributed by atoms with E-state index in [9.17, 15) is 5.26 Å². The summed E-state index contributed by atoms with van der Waals surface area (Å²) in [5.74, 6) is 1.31. The van der Waals surface area contributed by atoms with Gasteiger partial charge in [-0.1, -0.05) is 51.1 Å². The molecule has 2 bridgehead atoms. The van der Waals surface area contributed by atoms with Gasteiger partial charge in [0.1, 0.15) is 0 Å². The Balaban J connectivity index is 1.50. The summed E-state index contributed by atoms with van der Waals surface area (Å²) in [7, 11) is 0. The molecule has 0 radical (unpaired) electrons. The third kappa shape index (κ3) is 2.01. The minimum atomic E-state index is -0.543. The van der Waals surface area contributed by atoms with Crippen LogP contribution in [0.1, 0.15) is 51.7 Å². The van der Waals surface area contributed by atoms with Gasteiger partial charge in [-0.05, 0) is 41.1 Å². The first-order chi connectivity index (χ1) is 11.0. The molecule has 0 aromatic heterocycles. The number of benzene rings is 1. The van der Waals surface area contributed by atoms with E-state index in [1.165, 1.54) is 12.8 Å². The molecular weight excluding hydrogens is 286 g/mol. The fourth-order valence-corrected chi connectivity index (χ4v) is 5.53. The Morgan fingerprint density at radius 3 is 2.65 bits per heavy atom. The predicted octanol–water partition coefficient (Wildman–Crippen LogP) is 4.46. The van der Waals surface area contributed by atoms with Crippen molar-refractivity contribution in [3.63, 3.8) is 0 Å². The number of rotatable bonds is 3. The van der Waals surface area contributed by atoms with Crippen LogP contribution in [0, 0.1) is 34.0 Å². The fourth-order valence-electron chi connectivity index (χ4n) is 5.53. The van der Waals surface area contributed by atoms with Gasteiger partial charge in [0.05, 0.1) is 12.2 Å². The third-order valence-corrected chi connectivity index (χ3v) is 7.18. The standard InChI is InChI=1S/C20H25NO2/c1-19(2)15-9-10-20(19,3)18-14(15)11-17(23-18)22-16(12-21)13-7-5-4-6-8-13/h4-8,14-18H,9-11H2,1-3H3/t14-,15-,16+,17-,18-,20+/m1/s1. The minimum Gasteiger partial charge on any atom is -0.348 e. The van der Waals surface area contributed by atoms with Crippen molar-refractivity contribution in [3.8, 4) is 6.07 Å². The molecule has 2 saturated carbocycles. The monoisotopic (exact) mass is 311 g/mol. The molecule has 1 saturated heterocycles. The molecule has 2 aliphatic carbocycles. The second-order valence-electron chi connectivity index (χ2n) is 8.23. The van der Waals surface area contributed by atoms with Gasteiger partial charge in [-0.15, -0.1) is 0 Å². The van der Waals surface area contributed by atoms with E-state index in [-0.39, 0.29) is 17.8 Å². The second-order valence-corrected chi connectivity index (χ2v) is 8.23. The Bertz CT molecular complexity index is 635. The molecule has 4 rings (SSSR count). The van der Waals surface area contributed by atoms with Crippen molar-refractivity contribution in [1.82, 2.24) is 0 Å². The predicted molar refractivity (Wildman–Crippen MR) is 87.3 cm³/mol. The van der Waals surface area contributed by atoms with E-state index < -0.39 is 6.10 Å². The van der Waals surface area contributed by atoms with Crippen LogP contribution in [0.15, 0.2) is 30.3 Å². The molecule has 0 amide bonds. The van der Waals surface area contributed by atoms with Crippen LogP contribution in [-0.4, -0.2) is 12.4 Å². The summed E-state index contributed by atoms with van der Waals surface area (Å²) < 4.78 is 12.4. The van der Waals surface area contributed by atoms with Crippen molar-refractivity contribution < 1.29 is 9.47 Å². The highest BCUT2D eigenvalue weighted by molar-refractivity contribution is 5.22. The Labute approximate surface area is 138 Å². The summed E-state index contributed by atoms with van der Waals surface area (Å²) in [6.45, 7) is 7.20. The Kier molecular flexibility index (Phi) is 3.34. The average Bonchev–Trinajstić information content (AvgIpc) is 3.11. The average molecular weight is 311 g/mol. The highest BCUT2D eigenvalue weighted by atomic mass is 16.7. The van der Waals surface area contributed by atoms with Crippen LogP contribution >= 0.6 is 0 Å². The first kappa shape index (κ1) is 15.2. The van der Waals surface area contributed by atoms with Crippen LogP contribution in [0.2, 0.25) is 0 Å². The van der Waals surface area contributed by atoms with Gasteiger partial charge in [-0.2, -0.15) is 5.26 Å². The molecule has 0 spiro atoms. The molecule has 3 nitrogen and oxygen atoms in total. The minimum absolute atomic E-state index is 0.245. The number of ether oxygens (including phenoxy) is 2. The summed E-state index contributed by atoms with van der Waals surface area (Å²) in [5.41, 5.74) is 1.50. The SMILES string of the molecule is CC1(C)[C@@H]2CC[C@@]1(C)[C@@H]1O[C@@H](O[C@@H](C#N)c3ccccc3)C[C@H]21. The zero-order chi connectivity index (χ0) is 16.2. The van der Waals surface area contributed by atoms with Gasteiger partial charge in [-0.25, -0.2) is 0 Å². The lowest BCUT2D eigenvalue weighted by atomic mass is 9.70. The highest BCUT2D eigenvalue weighted by Gasteiger charge is 2.69. The maximum Gasteiger partial charge on any atom is 0.172 e. The molecule has 1 aliphatic heterocycles. The summed E-state index contributed by atoms with van der Waals surface area (Å²) in [6.07, 6.45) is 2.99. The van der Waals surface area contributed by atoms with Gasteiger partial charge in [-0.3, -0.25) is 0 Å². The molecule has 6 atom stereocenters. The molecule has 1 heterocycles. The quantitative estimate of drug-likeness (QED) is 0.828. The Hall–Kier alpha value is -1.37. The normalized spacial score (nSPS) is 41.5. The Morgan fingerprint density at radius 1 is 1.26 bits per heavy atom. The van der Waals surface area contributed by atoms with E-state index in [1.54, 1.807) is 0 Å². The van der Waals surface area contributed by atoms with Gasteiger partial charge >= 0.3 is 0 Å². The molecule has 3 fully saturated rings. The second kappa shape index (κ2) is 5.06. The van der Waals surface area contributed by atoms with Crippen LogP contribution in [0.25, 0.3) is 0 Å². The van der Waals surface area contributed by atoms with Gasteiger partial charge in [0.25, 0.3) is 0 Å².